The molecule has 0 amide bonds. The van der Waals surface area contributed by atoms with Crippen molar-refractivity contribution in [2.24, 2.45) is 0 Å². The van der Waals surface area contributed by atoms with Gasteiger partial charge in [-0.1, -0.05) is 48.5 Å². The Morgan fingerprint density at radius 2 is 1.26 bits per heavy atom. The van der Waals surface area contributed by atoms with E-state index in [2.05, 4.69) is 109 Å². The quantitative estimate of drug-likeness (QED) is 0.412. The van der Waals surface area contributed by atoms with Gasteiger partial charge in [0, 0.05) is 29.3 Å². The molecule has 2 heterocycles. The predicted molar refractivity (Wildman–Crippen MR) is 118 cm³/mol. The molecule has 0 spiro atoms. The van der Waals surface area contributed by atoms with Gasteiger partial charge in [0.05, 0.1) is 12.5 Å². The number of pyridine rings is 1. The fraction of sp³-hybridized carbons (Fsp3) is 0.148. The van der Waals surface area contributed by atoms with Crippen LogP contribution in [-0.2, 0) is 5.41 Å². The summed E-state index contributed by atoms with van der Waals surface area (Å²) in [5.74, 6) is 0.898. The van der Waals surface area contributed by atoms with Crippen molar-refractivity contribution in [3.63, 3.8) is 0 Å². The normalized spacial score (nSPS) is 13.4. The van der Waals surface area contributed by atoms with E-state index in [0.29, 0.717) is 0 Å². The zero-order chi connectivity index (χ0) is 24.5. The van der Waals surface area contributed by atoms with Gasteiger partial charge in [0.2, 0.25) is 11.4 Å². The van der Waals surface area contributed by atoms with Crippen molar-refractivity contribution in [3.05, 3.63) is 102 Å². The minimum atomic E-state index is -4.94. The number of fused-ring (bicyclic) bond motifs is 3. The van der Waals surface area contributed by atoms with Crippen LogP contribution in [0.4, 0.5) is 0 Å². The predicted octanol–water partition coefficient (Wildman–Crippen LogP) is 1.19. The molecule has 0 radical (unpaired) electrons. The number of ether oxygens (including phenoxy) is 1. The first-order valence-electron chi connectivity index (χ1n) is 10.6. The van der Waals surface area contributed by atoms with Gasteiger partial charge in [0.15, 0.2) is 5.69 Å². The van der Waals surface area contributed by atoms with Gasteiger partial charge in [-0.15, -0.1) is 10.2 Å². The van der Waals surface area contributed by atoms with Crippen LogP contribution in [0.15, 0.2) is 91.0 Å². The van der Waals surface area contributed by atoms with E-state index < -0.39 is 10.2 Å². The molecule has 0 atom stereocenters. The van der Waals surface area contributed by atoms with Crippen LogP contribution < -0.4 is 27.9 Å². The summed E-state index contributed by atoms with van der Waals surface area (Å²) in [5, 5.41) is 0. The van der Waals surface area contributed by atoms with Crippen LogP contribution >= 0.6 is 0 Å². The molecule has 1 aliphatic rings. The summed E-state index contributed by atoms with van der Waals surface area (Å²) in [4.78, 5) is 0. The Balaban J connectivity index is 0.000000499. The van der Waals surface area contributed by atoms with E-state index in [1.807, 2.05) is 0 Å². The van der Waals surface area contributed by atoms with Crippen LogP contribution in [0.3, 0.4) is 0 Å². The van der Waals surface area contributed by atoms with E-state index in [9.17, 15) is 0 Å². The Kier molecular flexibility index (Phi) is 6.45. The van der Waals surface area contributed by atoms with Crippen molar-refractivity contribution in [1.82, 2.24) is 0 Å². The molecular weight excluding hydrogens is 454 g/mol. The fourth-order valence-corrected chi connectivity index (χ4v) is 4.41. The smallest absolute Gasteiger partial charge is 0.219 e. The molecule has 174 valence electrons. The van der Waals surface area contributed by atoms with Crippen molar-refractivity contribution in [1.29, 1.82) is 0 Å². The highest BCUT2D eigenvalue weighted by Gasteiger charge is 2.46. The Bertz CT molecular complexity index is 1300. The zero-order valence-corrected chi connectivity index (χ0v) is 19.8. The van der Waals surface area contributed by atoms with Crippen molar-refractivity contribution in [3.8, 4) is 33.8 Å². The minimum Gasteiger partial charge on any atom is -0.497 e. The average molecular weight is 478 g/mol. The minimum absolute atomic E-state index is 0.127. The van der Waals surface area contributed by atoms with Crippen LogP contribution in [0.1, 0.15) is 25.1 Å². The summed E-state index contributed by atoms with van der Waals surface area (Å²) in [6.45, 7) is 4.60. The number of nitrogens with zero attached hydrogens (tertiary/aromatic N) is 1. The average Bonchev–Trinajstić information content (AvgIpc) is 3.05. The summed E-state index contributed by atoms with van der Waals surface area (Å²) in [6.07, 6.45) is 0. The lowest BCUT2D eigenvalue weighted by Gasteiger charge is -2.17. The Morgan fingerprint density at radius 3 is 1.82 bits per heavy atom. The topological polar surface area (TPSA) is 105 Å². The summed E-state index contributed by atoms with van der Waals surface area (Å²) >= 11 is 0. The van der Waals surface area contributed by atoms with E-state index in [-0.39, 0.29) is 5.41 Å². The van der Waals surface area contributed by atoms with Gasteiger partial charge >= 0.3 is 0 Å². The third-order valence-electron chi connectivity index (χ3n) is 6.00. The van der Waals surface area contributed by atoms with E-state index in [1.165, 1.54) is 39.3 Å². The lowest BCUT2D eigenvalue weighted by molar-refractivity contribution is -2.00. The van der Waals surface area contributed by atoms with Gasteiger partial charge in [-0.2, -0.15) is 4.57 Å². The second-order valence-corrected chi connectivity index (χ2v) is 9.22. The fourth-order valence-electron chi connectivity index (χ4n) is 4.41. The Hall–Kier alpha value is -3.26. The van der Waals surface area contributed by atoms with Crippen LogP contribution in [0.5, 0.6) is 5.75 Å². The number of hydrogen-bond acceptors (Lipinski definition) is 5. The molecule has 0 saturated carbocycles. The highest BCUT2D eigenvalue weighted by Crippen LogP contribution is 2.42. The molecule has 0 unspecified atom stereocenters. The summed E-state index contributed by atoms with van der Waals surface area (Å²) < 4.78 is 41.9. The van der Waals surface area contributed by atoms with E-state index in [0.717, 1.165) is 5.75 Å². The second kappa shape index (κ2) is 9.18. The van der Waals surface area contributed by atoms with Gasteiger partial charge in [0.25, 0.3) is 0 Å². The van der Waals surface area contributed by atoms with Crippen molar-refractivity contribution < 1.29 is 38.2 Å². The lowest BCUT2D eigenvalue weighted by atomic mass is 9.82. The molecule has 0 bridgehead atoms. The molecule has 1 aliphatic heterocycles. The molecule has 4 aromatic rings. The molecule has 5 rings (SSSR count). The Morgan fingerprint density at radius 1 is 0.706 bits per heavy atom. The number of rotatable bonds is 3. The maximum absolute atomic E-state index is 8.49. The monoisotopic (exact) mass is 477 g/mol. The van der Waals surface area contributed by atoms with Crippen LogP contribution in [0.25, 0.3) is 28.1 Å². The van der Waals surface area contributed by atoms with E-state index >= 15 is 0 Å². The molecule has 6 nitrogen and oxygen atoms in total. The molecule has 0 aliphatic carbocycles. The van der Waals surface area contributed by atoms with Gasteiger partial charge in [-0.05, 0) is 49.2 Å². The summed E-state index contributed by atoms with van der Waals surface area (Å²) in [6, 6.07) is 32.3. The highest BCUT2D eigenvalue weighted by molar-refractivity contribution is 5.71. The van der Waals surface area contributed by atoms with Crippen molar-refractivity contribution in [2.75, 3.05) is 7.11 Å². The maximum atomic E-state index is 8.49. The third-order valence-corrected chi connectivity index (χ3v) is 6.00. The number of halogens is 1. The van der Waals surface area contributed by atoms with Crippen LogP contribution in [0, 0.1) is 10.2 Å². The van der Waals surface area contributed by atoms with Gasteiger partial charge in [-0.25, -0.2) is 18.6 Å². The first kappa shape index (κ1) is 23.9. The highest BCUT2D eigenvalue weighted by atomic mass is 35.7. The first-order valence-corrected chi connectivity index (χ1v) is 11.8. The molecular formula is C27H24ClNO5. The third kappa shape index (κ3) is 4.82. The van der Waals surface area contributed by atoms with Gasteiger partial charge in [-0.3, -0.25) is 0 Å². The number of aromatic nitrogens is 1. The lowest BCUT2D eigenvalue weighted by Crippen LogP contribution is -2.68. The van der Waals surface area contributed by atoms with Crippen molar-refractivity contribution >= 4 is 0 Å². The Labute approximate surface area is 200 Å². The molecule has 0 saturated heterocycles. The first-order chi connectivity index (χ1) is 16.1. The standard InChI is InChI=1S/C27H24NO.ClHO4/c1-27(2)23-18-22(29-3)14-15-24(23)28-25(20-12-8-5-9-13-20)16-21(17-26(27)28)19-10-6-4-7-11-19;2-1(3,4)5/h4-18H,1-3H3;(H,2,3,4,5)/q+1;/p-1. The summed E-state index contributed by atoms with van der Waals surface area (Å²) in [7, 11) is -3.22. The van der Waals surface area contributed by atoms with E-state index in [4.69, 9.17) is 23.4 Å². The summed E-state index contributed by atoms with van der Waals surface area (Å²) in [5.41, 5.74) is 8.58. The number of hydrogen-bond donors (Lipinski definition) is 0. The molecule has 7 heteroatoms. The number of methoxy groups -OCH3 is 1. The SMILES string of the molecule is COc1ccc2c(c1)C(C)(C)c1cc(-c3ccccc3)cc(-c3ccccc3)[n+]1-2.[O-][Cl+3]([O-])([O-])[O-]. The molecule has 1 aromatic heterocycles. The zero-order valence-electron chi connectivity index (χ0n) is 19.0. The second-order valence-electron chi connectivity index (χ2n) is 8.47. The molecule has 0 fully saturated rings. The van der Waals surface area contributed by atoms with Gasteiger partial charge in [0.1, 0.15) is 5.75 Å². The molecule has 34 heavy (non-hydrogen) atoms. The van der Waals surface area contributed by atoms with E-state index in [1.54, 1.807) is 7.11 Å². The van der Waals surface area contributed by atoms with Crippen LogP contribution in [0.2, 0.25) is 0 Å². The maximum Gasteiger partial charge on any atom is 0.219 e. The largest absolute Gasteiger partial charge is 0.497 e. The van der Waals surface area contributed by atoms with Gasteiger partial charge < -0.3 is 4.74 Å². The number of benzene rings is 3. The molecule has 0 N–H and O–H groups in total. The van der Waals surface area contributed by atoms with Crippen LogP contribution in [-0.4, -0.2) is 7.11 Å². The molecule has 3 aromatic carbocycles. The van der Waals surface area contributed by atoms with Crippen molar-refractivity contribution in [2.45, 2.75) is 19.3 Å².